The highest BCUT2D eigenvalue weighted by Gasteiger charge is 2.34. The topological polar surface area (TPSA) is 56.1 Å². The van der Waals surface area contributed by atoms with Crippen molar-refractivity contribution in [2.24, 2.45) is 0 Å². The molecule has 2 aromatic rings. The van der Waals surface area contributed by atoms with Gasteiger partial charge in [-0.1, -0.05) is 0 Å². The van der Waals surface area contributed by atoms with Gasteiger partial charge in [-0.25, -0.2) is 9.97 Å². The standard InChI is InChI=1S/C16H15N5/c1-20-13-6-7-21(10-13)15-5-4-14(19-16(15)20)11-2-3-12(8-17)18-9-11/h2-5,9,13H,6-7,10H2,1H3. The van der Waals surface area contributed by atoms with Gasteiger partial charge in [0.1, 0.15) is 11.8 Å². The lowest BCUT2D eigenvalue weighted by molar-refractivity contribution is 0.673. The van der Waals surface area contributed by atoms with Gasteiger partial charge in [0, 0.05) is 37.9 Å². The maximum atomic E-state index is 8.82. The van der Waals surface area contributed by atoms with Gasteiger partial charge >= 0.3 is 0 Å². The SMILES string of the molecule is CN1c2nc(-c3ccc(C#N)nc3)ccc2N2CCC1C2. The first-order valence-corrected chi connectivity index (χ1v) is 7.11. The molecule has 0 N–H and O–H groups in total. The van der Waals surface area contributed by atoms with E-state index in [1.165, 1.54) is 12.1 Å². The fraction of sp³-hybridized carbons (Fsp3) is 0.312. The van der Waals surface area contributed by atoms with Crippen LogP contribution in [0.5, 0.6) is 0 Å². The molecular formula is C16H15N5. The quantitative estimate of drug-likeness (QED) is 0.798. The molecule has 0 spiro atoms. The lowest BCUT2D eigenvalue weighted by atomic mass is 10.1. The van der Waals surface area contributed by atoms with E-state index < -0.39 is 0 Å². The Bertz CT molecular complexity index is 731. The van der Waals surface area contributed by atoms with E-state index >= 15 is 0 Å². The molecule has 21 heavy (non-hydrogen) atoms. The number of likely N-dealkylation sites (N-methyl/N-ethyl adjacent to an activating group) is 1. The third kappa shape index (κ3) is 1.83. The third-order valence-electron chi connectivity index (χ3n) is 4.41. The summed E-state index contributed by atoms with van der Waals surface area (Å²) in [4.78, 5) is 13.6. The molecular weight excluding hydrogens is 262 g/mol. The largest absolute Gasteiger partial charge is 0.366 e. The molecule has 5 nitrogen and oxygen atoms in total. The molecule has 0 saturated carbocycles. The van der Waals surface area contributed by atoms with Gasteiger partial charge in [-0.15, -0.1) is 0 Å². The Kier molecular flexibility index (Phi) is 2.58. The number of aromatic nitrogens is 2. The summed E-state index contributed by atoms with van der Waals surface area (Å²) < 4.78 is 0. The Morgan fingerprint density at radius 2 is 2.19 bits per heavy atom. The van der Waals surface area contributed by atoms with Gasteiger partial charge in [-0.3, -0.25) is 0 Å². The van der Waals surface area contributed by atoms with Crippen LogP contribution in [0, 0.1) is 11.3 Å². The molecule has 2 aromatic heterocycles. The lowest BCUT2D eigenvalue weighted by Gasteiger charge is -2.34. The number of hydrogen-bond acceptors (Lipinski definition) is 5. The highest BCUT2D eigenvalue weighted by molar-refractivity contribution is 5.75. The zero-order valence-electron chi connectivity index (χ0n) is 11.8. The number of nitriles is 1. The summed E-state index contributed by atoms with van der Waals surface area (Å²) in [5.74, 6) is 1.05. The number of hydrogen-bond donors (Lipinski definition) is 0. The van der Waals surface area contributed by atoms with Crippen molar-refractivity contribution in [1.82, 2.24) is 9.97 Å². The zero-order chi connectivity index (χ0) is 14.4. The van der Waals surface area contributed by atoms with E-state index in [0.29, 0.717) is 11.7 Å². The van der Waals surface area contributed by atoms with Crippen molar-refractivity contribution < 1.29 is 0 Å². The molecule has 1 unspecified atom stereocenters. The lowest BCUT2D eigenvalue weighted by Crippen LogP contribution is -2.40. The van der Waals surface area contributed by atoms with E-state index in [0.717, 1.165) is 30.2 Å². The van der Waals surface area contributed by atoms with Crippen molar-refractivity contribution in [3.63, 3.8) is 0 Å². The molecule has 104 valence electrons. The van der Waals surface area contributed by atoms with Crippen LogP contribution in [0.15, 0.2) is 30.5 Å². The van der Waals surface area contributed by atoms with Crippen LogP contribution in [0.25, 0.3) is 11.3 Å². The van der Waals surface area contributed by atoms with Crippen LogP contribution in [0.3, 0.4) is 0 Å². The number of pyridine rings is 2. The van der Waals surface area contributed by atoms with E-state index in [-0.39, 0.29) is 0 Å². The van der Waals surface area contributed by atoms with Gasteiger partial charge in [-0.2, -0.15) is 5.26 Å². The second-order valence-electron chi connectivity index (χ2n) is 5.58. The highest BCUT2D eigenvalue weighted by atomic mass is 15.3. The molecule has 2 bridgehead atoms. The monoisotopic (exact) mass is 277 g/mol. The van der Waals surface area contributed by atoms with Crippen molar-refractivity contribution >= 4 is 11.5 Å². The minimum absolute atomic E-state index is 0.429. The second-order valence-corrected chi connectivity index (χ2v) is 5.58. The van der Waals surface area contributed by atoms with Gasteiger partial charge < -0.3 is 9.80 Å². The summed E-state index contributed by atoms with van der Waals surface area (Å²) >= 11 is 0. The van der Waals surface area contributed by atoms with Crippen LogP contribution in [0.2, 0.25) is 0 Å². The normalized spacial score (nSPS) is 19.3. The Morgan fingerprint density at radius 1 is 1.29 bits per heavy atom. The summed E-state index contributed by atoms with van der Waals surface area (Å²) in [7, 11) is 2.12. The number of anilines is 2. The number of rotatable bonds is 1. The zero-order valence-corrected chi connectivity index (χ0v) is 11.8. The van der Waals surface area contributed by atoms with E-state index in [2.05, 4.69) is 27.9 Å². The van der Waals surface area contributed by atoms with E-state index in [1.54, 1.807) is 12.3 Å². The maximum Gasteiger partial charge on any atom is 0.152 e. The Labute approximate surface area is 123 Å². The van der Waals surface area contributed by atoms with Gasteiger partial charge in [0.25, 0.3) is 0 Å². The second kappa shape index (κ2) is 4.45. The van der Waals surface area contributed by atoms with Crippen molar-refractivity contribution in [3.8, 4) is 17.3 Å². The molecule has 2 aliphatic rings. The predicted octanol–water partition coefficient (Wildman–Crippen LogP) is 2.04. The summed E-state index contributed by atoms with van der Waals surface area (Å²) in [5, 5.41) is 8.82. The van der Waals surface area contributed by atoms with Crippen LogP contribution in [0.4, 0.5) is 11.5 Å². The fourth-order valence-electron chi connectivity index (χ4n) is 3.17. The molecule has 0 radical (unpaired) electrons. The minimum atomic E-state index is 0.429. The number of fused-ring (bicyclic) bond motifs is 4. The van der Waals surface area contributed by atoms with Crippen LogP contribution < -0.4 is 9.80 Å². The van der Waals surface area contributed by atoms with Gasteiger partial charge in [0.05, 0.1) is 11.4 Å². The molecule has 1 saturated heterocycles. The Hall–Kier alpha value is -2.61. The first-order valence-electron chi connectivity index (χ1n) is 7.11. The maximum absolute atomic E-state index is 8.82. The first-order chi connectivity index (χ1) is 10.3. The molecule has 5 heteroatoms. The average Bonchev–Trinajstić information content (AvgIpc) is 2.99. The third-order valence-corrected chi connectivity index (χ3v) is 4.41. The highest BCUT2D eigenvalue weighted by Crippen LogP contribution is 2.38. The van der Waals surface area contributed by atoms with E-state index in [9.17, 15) is 0 Å². The molecule has 4 heterocycles. The van der Waals surface area contributed by atoms with Crippen LogP contribution in [0.1, 0.15) is 12.1 Å². The predicted molar refractivity (Wildman–Crippen MR) is 81.2 cm³/mol. The summed E-state index contributed by atoms with van der Waals surface area (Å²) in [6.45, 7) is 2.21. The van der Waals surface area contributed by atoms with Gasteiger partial charge in [-0.05, 0) is 30.7 Å². The Morgan fingerprint density at radius 3 is 2.95 bits per heavy atom. The first kappa shape index (κ1) is 12.2. The van der Waals surface area contributed by atoms with Crippen LogP contribution in [-0.2, 0) is 0 Å². The summed E-state index contributed by atoms with van der Waals surface area (Å²) in [6.07, 6.45) is 2.91. The number of nitrogens with zero attached hydrogens (tertiary/aromatic N) is 5. The van der Waals surface area contributed by atoms with Crippen molar-refractivity contribution in [1.29, 1.82) is 5.26 Å². The molecule has 0 aliphatic carbocycles. The molecule has 0 aromatic carbocycles. The van der Waals surface area contributed by atoms with Crippen LogP contribution >= 0.6 is 0 Å². The average molecular weight is 277 g/mol. The minimum Gasteiger partial charge on any atom is -0.366 e. The van der Waals surface area contributed by atoms with Gasteiger partial charge in [0.2, 0.25) is 0 Å². The molecule has 0 amide bonds. The molecule has 1 fully saturated rings. The summed E-state index contributed by atoms with van der Waals surface area (Å²) in [6, 6.07) is 10.4. The fourth-order valence-corrected chi connectivity index (χ4v) is 3.17. The summed E-state index contributed by atoms with van der Waals surface area (Å²) in [5.41, 5.74) is 3.49. The van der Waals surface area contributed by atoms with Crippen molar-refractivity contribution in [2.45, 2.75) is 12.5 Å². The van der Waals surface area contributed by atoms with E-state index in [4.69, 9.17) is 10.2 Å². The van der Waals surface area contributed by atoms with Crippen molar-refractivity contribution in [2.75, 3.05) is 29.9 Å². The Balaban J connectivity index is 1.77. The van der Waals surface area contributed by atoms with E-state index in [1.807, 2.05) is 18.2 Å². The molecule has 2 aliphatic heterocycles. The van der Waals surface area contributed by atoms with Gasteiger partial charge in [0.15, 0.2) is 5.82 Å². The van der Waals surface area contributed by atoms with Crippen LogP contribution in [-0.4, -0.2) is 36.1 Å². The smallest absolute Gasteiger partial charge is 0.152 e. The van der Waals surface area contributed by atoms with Crippen molar-refractivity contribution in [3.05, 3.63) is 36.2 Å². The molecule has 4 rings (SSSR count). The molecule has 1 atom stereocenters.